The molecule has 1 aromatic carbocycles. The van der Waals surface area contributed by atoms with Gasteiger partial charge in [0.1, 0.15) is 5.75 Å². The Kier molecular flexibility index (Phi) is 5.95. The van der Waals surface area contributed by atoms with Crippen LogP contribution in [0.25, 0.3) is 0 Å². The standard InChI is InChI=1S/C16H22Cl2N2O2/c1-10(19)14-5-3-4-8-20(14)16(21)11(2)22-15-7-6-12(17)9-13(15)18/h6-7,9-11,14H,3-5,8,19H2,1-2H3. The molecule has 2 N–H and O–H groups in total. The van der Waals surface area contributed by atoms with Crippen LogP contribution in [0.15, 0.2) is 18.2 Å². The minimum absolute atomic E-state index is 0.0458. The van der Waals surface area contributed by atoms with E-state index in [-0.39, 0.29) is 18.0 Å². The van der Waals surface area contributed by atoms with Crippen molar-refractivity contribution >= 4 is 29.1 Å². The van der Waals surface area contributed by atoms with Gasteiger partial charge in [-0.1, -0.05) is 23.2 Å². The van der Waals surface area contributed by atoms with Crippen molar-refractivity contribution in [1.29, 1.82) is 0 Å². The van der Waals surface area contributed by atoms with Crippen molar-refractivity contribution in [2.24, 2.45) is 5.73 Å². The molecular weight excluding hydrogens is 323 g/mol. The molecule has 0 bridgehead atoms. The van der Waals surface area contributed by atoms with E-state index in [9.17, 15) is 4.79 Å². The lowest BCUT2D eigenvalue weighted by molar-refractivity contribution is -0.142. The summed E-state index contributed by atoms with van der Waals surface area (Å²) in [4.78, 5) is 14.5. The summed E-state index contributed by atoms with van der Waals surface area (Å²) in [5.74, 6) is 0.411. The molecule has 1 aromatic rings. The van der Waals surface area contributed by atoms with Crippen LogP contribution in [0.1, 0.15) is 33.1 Å². The predicted molar refractivity (Wildman–Crippen MR) is 89.6 cm³/mol. The largest absolute Gasteiger partial charge is 0.479 e. The van der Waals surface area contributed by atoms with Gasteiger partial charge >= 0.3 is 0 Å². The molecule has 1 aliphatic rings. The van der Waals surface area contributed by atoms with E-state index in [1.54, 1.807) is 25.1 Å². The number of carbonyl (C=O) groups is 1. The fraction of sp³-hybridized carbons (Fsp3) is 0.562. The Labute approximate surface area is 141 Å². The molecule has 3 unspecified atom stereocenters. The predicted octanol–water partition coefficient (Wildman–Crippen LogP) is 3.49. The SMILES string of the molecule is CC(Oc1ccc(Cl)cc1Cl)C(=O)N1CCCCC1C(C)N. The molecule has 3 atom stereocenters. The van der Waals surface area contributed by atoms with Crippen molar-refractivity contribution in [3.8, 4) is 5.75 Å². The second kappa shape index (κ2) is 7.53. The molecule has 122 valence electrons. The molecule has 0 aromatic heterocycles. The normalized spacial score (nSPS) is 21.3. The van der Waals surface area contributed by atoms with E-state index >= 15 is 0 Å². The maximum absolute atomic E-state index is 12.7. The third kappa shape index (κ3) is 4.06. The van der Waals surface area contributed by atoms with Gasteiger partial charge in [0.25, 0.3) is 5.91 Å². The molecular formula is C16H22Cl2N2O2. The van der Waals surface area contributed by atoms with E-state index in [1.807, 2.05) is 11.8 Å². The van der Waals surface area contributed by atoms with Crippen molar-refractivity contribution in [3.63, 3.8) is 0 Å². The summed E-state index contributed by atoms with van der Waals surface area (Å²) >= 11 is 12.0. The Balaban J connectivity index is 2.07. The number of hydrogen-bond donors (Lipinski definition) is 1. The zero-order chi connectivity index (χ0) is 16.3. The van der Waals surface area contributed by atoms with E-state index in [1.165, 1.54) is 0 Å². The summed E-state index contributed by atoms with van der Waals surface area (Å²) < 4.78 is 5.72. The lowest BCUT2D eigenvalue weighted by Crippen LogP contribution is -2.54. The second-order valence-electron chi connectivity index (χ2n) is 5.79. The molecule has 1 amide bonds. The van der Waals surface area contributed by atoms with Gasteiger partial charge in [0, 0.05) is 23.7 Å². The average Bonchev–Trinajstić information content (AvgIpc) is 2.49. The number of nitrogens with two attached hydrogens (primary N) is 1. The molecule has 1 aliphatic heterocycles. The number of carbonyl (C=O) groups excluding carboxylic acids is 1. The van der Waals surface area contributed by atoms with E-state index in [2.05, 4.69) is 0 Å². The summed E-state index contributed by atoms with van der Waals surface area (Å²) in [6, 6.07) is 4.99. The van der Waals surface area contributed by atoms with Gasteiger partial charge in [-0.05, 0) is 51.3 Å². The van der Waals surface area contributed by atoms with Crippen LogP contribution in [0.2, 0.25) is 10.0 Å². The van der Waals surface area contributed by atoms with Crippen molar-refractivity contribution in [2.45, 2.75) is 51.3 Å². The van der Waals surface area contributed by atoms with Crippen LogP contribution in [0.3, 0.4) is 0 Å². The number of piperidine rings is 1. The Bertz CT molecular complexity index is 537. The molecule has 0 aliphatic carbocycles. The van der Waals surface area contributed by atoms with E-state index < -0.39 is 6.10 Å². The molecule has 1 saturated heterocycles. The van der Waals surface area contributed by atoms with Gasteiger partial charge in [0.05, 0.1) is 5.02 Å². The molecule has 1 fully saturated rings. The van der Waals surface area contributed by atoms with Crippen molar-refractivity contribution < 1.29 is 9.53 Å². The van der Waals surface area contributed by atoms with Gasteiger partial charge in [0.15, 0.2) is 6.10 Å². The highest BCUT2D eigenvalue weighted by atomic mass is 35.5. The van der Waals surface area contributed by atoms with Crippen LogP contribution >= 0.6 is 23.2 Å². The van der Waals surface area contributed by atoms with Crippen LogP contribution in [-0.4, -0.2) is 35.5 Å². The van der Waals surface area contributed by atoms with E-state index in [4.69, 9.17) is 33.7 Å². The number of rotatable bonds is 4. The zero-order valence-corrected chi connectivity index (χ0v) is 14.4. The fourth-order valence-electron chi connectivity index (χ4n) is 2.82. The topological polar surface area (TPSA) is 55.6 Å². The minimum atomic E-state index is -0.613. The average molecular weight is 345 g/mol. The van der Waals surface area contributed by atoms with Gasteiger partial charge in [-0.3, -0.25) is 4.79 Å². The second-order valence-corrected chi connectivity index (χ2v) is 6.63. The summed E-state index contributed by atoms with van der Waals surface area (Å²) in [5.41, 5.74) is 6.02. The molecule has 0 radical (unpaired) electrons. The fourth-order valence-corrected chi connectivity index (χ4v) is 3.28. The van der Waals surface area contributed by atoms with Crippen molar-refractivity contribution in [3.05, 3.63) is 28.2 Å². The Morgan fingerprint density at radius 1 is 1.36 bits per heavy atom. The smallest absolute Gasteiger partial charge is 0.263 e. The first kappa shape index (κ1) is 17.4. The maximum atomic E-state index is 12.7. The lowest BCUT2D eigenvalue weighted by Gasteiger charge is -2.39. The highest BCUT2D eigenvalue weighted by Crippen LogP contribution is 2.29. The molecule has 1 heterocycles. The van der Waals surface area contributed by atoms with Crippen LogP contribution in [0, 0.1) is 0 Å². The maximum Gasteiger partial charge on any atom is 0.263 e. The number of likely N-dealkylation sites (tertiary alicyclic amines) is 1. The number of amides is 1. The summed E-state index contributed by atoms with van der Waals surface area (Å²) in [6.07, 6.45) is 2.44. The highest BCUT2D eigenvalue weighted by molar-refractivity contribution is 6.35. The van der Waals surface area contributed by atoms with Gasteiger partial charge in [-0.25, -0.2) is 0 Å². The van der Waals surface area contributed by atoms with E-state index in [0.29, 0.717) is 15.8 Å². The van der Waals surface area contributed by atoms with Crippen molar-refractivity contribution in [2.75, 3.05) is 6.54 Å². The third-order valence-electron chi connectivity index (χ3n) is 3.98. The zero-order valence-electron chi connectivity index (χ0n) is 12.9. The minimum Gasteiger partial charge on any atom is -0.479 e. The molecule has 0 spiro atoms. The van der Waals surface area contributed by atoms with Crippen LogP contribution in [0.4, 0.5) is 0 Å². The summed E-state index contributed by atoms with van der Waals surface area (Å²) in [7, 11) is 0. The Morgan fingerprint density at radius 2 is 2.09 bits per heavy atom. The van der Waals surface area contributed by atoms with Crippen LogP contribution in [-0.2, 0) is 4.79 Å². The molecule has 4 nitrogen and oxygen atoms in total. The first-order chi connectivity index (χ1) is 10.4. The number of nitrogens with zero attached hydrogens (tertiary/aromatic N) is 1. The van der Waals surface area contributed by atoms with Gasteiger partial charge in [-0.2, -0.15) is 0 Å². The molecule has 6 heteroatoms. The molecule has 0 saturated carbocycles. The van der Waals surface area contributed by atoms with E-state index in [0.717, 1.165) is 25.8 Å². The summed E-state index contributed by atoms with van der Waals surface area (Å²) in [5, 5.41) is 0.930. The summed E-state index contributed by atoms with van der Waals surface area (Å²) in [6.45, 7) is 4.41. The van der Waals surface area contributed by atoms with Gasteiger partial charge < -0.3 is 15.4 Å². The van der Waals surface area contributed by atoms with Crippen LogP contribution < -0.4 is 10.5 Å². The van der Waals surface area contributed by atoms with Gasteiger partial charge in [-0.15, -0.1) is 0 Å². The quantitative estimate of drug-likeness (QED) is 0.909. The monoisotopic (exact) mass is 344 g/mol. The first-order valence-electron chi connectivity index (χ1n) is 7.58. The Morgan fingerprint density at radius 3 is 2.73 bits per heavy atom. The highest BCUT2D eigenvalue weighted by Gasteiger charge is 2.32. The number of benzene rings is 1. The van der Waals surface area contributed by atoms with Gasteiger partial charge in [0.2, 0.25) is 0 Å². The molecule has 22 heavy (non-hydrogen) atoms. The third-order valence-corrected chi connectivity index (χ3v) is 4.52. The Hall–Kier alpha value is -0.970. The van der Waals surface area contributed by atoms with Crippen LogP contribution in [0.5, 0.6) is 5.75 Å². The number of hydrogen-bond acceptors (Lipinski definition) is 3. The first-order valence-corrected chi connectivity index (χ1v) is 8.33. The number of halogens is 2. The molecule has 2 rings (SSSR count). The van der Waals surface area contributed by atoms with Crippen molar-refractivity contribution in [1.82, 2.24) is 4.90 Å². The number of ether oxygens (including phenoxy) is 1. The lowest BCUT2D eigenvalue weighted by atomic mass is 9.96.